The SMILES string of the molecule is C=CCSc1ccccc1NC1C2CC3CC(C2)CC1C3. The molecule has 0 unspecified atom stereocenters. The van der Waals surface area contributed by atoms with E-state index in [9.17, 15) is 0 Å². The first-order valence-electron chi connectivity index (χ1n) is 8.42. The Morgan fingerprint density at radius 3 is 2.38 bits per heavy atom. The molecule has 1 aromatic carbocycles. The van der Waals surface area contributed by atoms with Crippen molar-refractivity contribution in [2.24, 2.45) is 23.7 Å². The van der Waals surface area contributed by atoms with Crippen molar-refractivity contribution in [3.05, 3.63) is 36.9 Å². The zero-order valence-electron chi connectivity index (χ0n) is 12.6. The summed E-state index contributed by atoms with van der Waals surface area (Å²) in [6, 6.07) is 9.54. The maximum atomic E-state index is 3.95. The van der Waals surface area contributed by atoms with Crippen LogP contribution in [0, 0.1) is 23.7 Å². The average Bonchev–Trinajstić information content (AvgIpc) is 2.49. The van der Waals surface area contributed by atoms with Gasteiger partial charge in [0.25, 0.3) is 0 Å². The molecule has 112 valence electrons. The molecule has 4 aliphatic carbocycles. The molecule has 4 saturated carbocycles. The monoisotopic (exact) mass is 299 g/mol. The molecular weight excluding hydrogens is 274 g/mol. The van der Waals surface area contributed by atoms with Gasteiger partial charge in [-0.25, -0.2) is 0 Å². The van der Waals surface area contributed by atoms with Gasteiger partial charge < -0.3 is 5.32 Å². The predicted octanol–water partition coefficient (Wildman–Crippen LogP) is 5.20. The molecule has 0 amide bonds. The Bertz CT molecular complexity index is 496. The van der Waals surface area contributed by atoms with Crippen LogP contribution in [-0.4, -0.2) is 11.8 Å². The topological polar surface area (TPSA) is 12.0 Å². The van der Waals surface area contributed by atoms with E-state index >= 15 is 0 Å². The van der Waals surface area contributed by atoms with E-state index in [0.29, 0.717) is 0 Å². The quantitative estimate of drug-likeness (QED) is 0.592. The van der Waals surface area contributed by atoms with Crippen LogP contribution in [0.4, 0.5) is 5.69 Å². The van der Waals surface area contributed by atoms with Gasteiger partial charge in [0.1, 0.15) is 0 Å². The summed E-state index contributed by atoms with van der Waals surface area (Å²) in [6.07, 6.45) is 9.44. The van der Waals surface area contributed by atoms with Crippen LogP contribution in [0.2, 0.25) is 0 Å². The molecular formula is C19H25NS. The lowest BCUT2D eigenvalue weighted by atomic mass is 9.54. The summed E-state index contributed by atoms with van der Waals surface area (Å²) in [5, 5.41) is 3.95. The third kappa shape index (κ3) is 2.63. The highest BCUT2D eigenvalue weighted by Gasteiger charge is 2.48. The van der Waals surface area contributed by atoms with Crippen LogP contribution in [0.1, 0.15) is 32.1 Å². The second-order valence-electron chi connectivity index (χ2n) is 7.20. The number of anilines is 1. The molecule has 21 heavy (non-hydrogen) atoms. The molecule has 0 saturated heterocycles. The van der Waals surface area contributed by atoms with Crippen molar-refractivity contribution >= 4 is 17.4 Å². The second-order valence-corrected chi connectivity index (χ2v) is 8.26. The number of thioether (sulfide) groups is 1. The van der Waals surface area contributed by atoms with Crippen LogP contribution in [0.5, 0.6) is 0 Å². The number of nitrogens with one attached hydrogen (secondary N) is 1. The fourth-order valence-electron chi connectivity index (χ4n) is 5.20. The normalized spacial score (nSPS) is 36.7. The number of hydrogen-bond acceptors (Lipinski definition) is 2. The van der Waals surface area contributed by atoms with E-state index < -0.39 is 0 Å². The molecule has 5 rings (SSSR count). The lowest BCUT2D eigenvalue weighted by molar-refractivity contribution is 0.00747. The number of para-hydroxylation sites is 1. The summed E-state index contributed by atoms with van der Waals surface area (Å²) in [7, 11) is 0. The van der Waals surface area contributed by atoms with Gasteiger partial charge in [-0.1, -0.05) is 18.2 Å². The highest BCUT2D eigenvalue weighted by atomic mass is 32.2. The zero-order chi connectivity index (χ0) is 14.2. The van der Waals surface area contributed by atoms with Gasteiger partial charge in [0.2, 0.25) is 0 Å². The van der Waals surface area contributed by atoms with E-state index in [-0.39, 0.29) is 0 Å². The Morgan fingerprint density at radius 2 is 1.71 bits per heavy atom. The maximum Gasteiger partial charge on any atom is 0.0480 e. The first-order chi connectivity index (χ1) is 10.3. The zero-order valence-corrected chi connectivity index (χ0v) is 13.4. The molecule has 0 atom stereocenters. The Morgan fingerprint density at radius 1 is 1.05 bits per heavy atom. The van der Waals surface area contributed by atoms with Crippen molar-refractivity contribution in [3.63, 3.8) is 0 Å². The average molecular weight is 299 g/mol. The Hall–Kier alpha value is -0.890. The van der Waals surface area contributed by atoms with E-state index in [4.69, 9.17) is 0 Å². The van der Waals surface area contributed by atoms with Gasteiger partial charge >= 0.3 is 0 Å². The maximum absolute atomic E-state index is 3.95. The highest BCUT2D eigenvalue weighted by Crippen LogP contribution is 2.54. The van der Waals surface area contributed by atoms with Crippen molar-refractivity contribution in [1.29, 1.82) is 0 Å². The van der Waals surface area contributed by atoms with E-state index in [1.54, 1.807) is 0 Å². The minimum absolute atomic E-state index is 0.725. The molecule has 0 radical (unpaired) electrons. The van der Waals surface area contributed by atoms with E-state index in [0.717, 1.165) is 35.5 Å². The van der Waals surface area contributed by atoms with Gasteiger partial charge in [-0.05, 0) is 67.9 Å². The Labute approximate surface area is 132 Å². The van der Waals surface area contributed by atoms with Crippen LogP contribution < -0.4 is 5.32 Å². The fraction of sp³-hybridized carbons (Fsp3) is 0.579. The molecule has 1 nitrogen and oxygen atoms in total. The van der Waals surface area contributed by atoms with Gasteiger partial charge in [-0.2, -0.15) is 0 Å². The number of benzene rings is 1. The number of hydrogen-bond donors (Lipinski definition) is 1. The van der Waals surface area contributed by atoms with Crippen LogP contribution in [-0.2, 0) is 0 Å². The standard InChI is InChI=1S/C19H25NS/c1-2-7-21-18-6-4-3-5-17(18)20-19-15-9-13-8-14(11-15)12-16(19)10-13/h2-6,13-16,19-20H,1,7-12H2. The molecule has 2 heteroatoms. The van der Waals surface area contributed by atoms with Gasteiger partial charge in [-0.15, -0.1) is 18.3 Å². The minimum Gasteiger partial charge on any atom is -0.381 e. The van der Waals surface area contributed by atoms with Crippen molar-refractivity contribution in [1.82, 2.24) is 0 Å². The molecule has 4 bridgehead atoms. The summed E-state index contributed by atoms with van der Waals surface area (Å²) in [4.78, 5) is 1.38. The summed E-state index contributed by atoms with van der Waals surface area (Å²) < 4.78 is 0. The summed E-state index contributed by atoms with van der Waals surface area (Å²) >= 11 is 1.89. The van der Waals surface area contributed by atoms with Crippen LogP contribution in [0.25, 0.3) is 0 Å². The third-order valence-corrected chi connectivity index (χ3v) is 6.86. The van der Waals surface area contributed by atoms with Crippen molar-refractivity contribution in [2.75, 3.05) is 11.1 Å². The molecule has 0 heterocycles. The first-order valence-corrected chi connectivity index (χ1v) is 9.41. The molecule has 1 aromatic rings. The van der Waals surface area contributed by atoms with Crippen LogP contribution in [0.3, 0.4) is 0 Å². The highest BCUT2D eigenvalue weighted by molar-refractivity contribution is 7.99. The molecule has 4 aliphatic rings. The lowest BCUT2D eigenvalue weighted by Crippen LogP contribution is -2.51. The van der Waals surface area contributed by atoms with Gasteiger partial charge in [0, 0.05) is 22.4 Å². The van der Waals surface area contributed by atoms with Crippen molar-refractivity contribution in [2.45, 2.75) is 43.0 Å². The van der Waals surface area contributed by atoms with Gasteiger partial charge in [-0.3, -0.25) is 0 Å². The van der Waals surface area contributed by atoms with E-state index in [2.05, 4.69) is 36.2 Å². The molecule has 0 aromatic heterocycles. The van der Waals surface area contributed by atoms with Gasteiger partial charge in [0.15, 0.2) is 0 Å². The van der Waals surface area contributed by atoms with E-state index in [1.807, 2.05) is 17.8 Å². The molecule has 1 N–H and O–H groups in total. The lowest BCUT2D eigenvalue weighted by Gasteiger charge is -2.54. The second kappa shape index (κ2) is 5.72. The third-order valence-electron chi connectivity index (χ3n) is 5.79. The van der Waals surface area contributed by atoms with Crippen molar-refractivity contribution in [3.8, 4) is 0 Å². The fourth-order valence-corrected chi connectivity index (χ4v) is 5.96. The summed E-state index contributed by atoms with van der Waals surface area (Å²) in [6.45, 7) is 3.84. The predicted molar refractivity (Wildman–Crippen MR) is 91.8 cm³/mol. The van der Waals surface area contributed by atoms with Crippen LogP contribution >= 0.6 is 11.8 Å². The van der Waals surface area contributed by atoms with Crippen LogP contribution in [0.15, 0.2) is 41.8 Å². The van der Waals surface area contributed by atoms with Gasteiger partial charge in [0.05, 0.1) is 0 Å². The first kappa shape index (κ1) is 13.8. The number of rotatable bonds is 5. The molecule has 0 spiro atoms. The Balaban J connectivity index is 1.52. The largest absolute Gasteiger partial charge is 0.381 e. The minimum atomic E-state index is 0.725. The summed E-state index contributed by atoms with van der Waals surface area (Å²) in [5.74, 6) is 4.95. The summed E-state index contributed by atoms with van der Waals surface area (Å²) in [5.41, 5.74) is 1.35. The molecule has 0 aliphatic heterocycles. The van der Waals surface area contributed by atoms with Crippen molar-refractivity contribution < 1.29 is 0 Å². The van der Waals surface area contributed by atoms with E-state index in [1.165, 1.54) is 42.7 Å². The smallest absolute Gasteiger partial charge is 0.0480 e. The Kier molecular flexibility index (Phi) is 3.74. The molecule has 4 fully saturated rings.